The van der Waals surface area contributed by atoms with E-state index in [4.69, 9.17) is 9.15 Å². The van der Waals surface area contributed by atoms with Gasteiger partial charge in [0.1, 0.15) is 0 Å². The minimum atomic E-state index is 0.0841. The number of rotatable bonds is 5. The van der Waals surface area contributed by atoms with Crippen molar-refractivity contribution in [3.8, 4) is 0 Å². The molecule has 0 amide bonds. The molecule has 2 fully saturated rings. The van der Waals surface area contributed by atoms with Gasteiger partial charge in [-0.1, -0.05) is 6.07 Å². The first-order valence-corrected chi connectivity index (χ1v) is 9.19. The molecular weight excluding hydrogens is 314 g/mol. The molecule has 0 saturated carbocycles. The largest absolute Gasteiger partial charge is 0.472 e. The van der Waals surface area contributed by atoms with Gasteiger partial charge in [0.15, 0.2) is 0 Å². The normalized spacial score (nSPS) is 23.5. The minimum Gasteiger partial charge on any atom is -0.472 e. The summed E-state index contributed by atoms with van der Waals surface area (Å²) in [6.07, 6.45) is 10.8. The first kappa shape index (κ1) is 16.8. The van der Waals surface area contributed by atoms with E-state index in [2.05, 4.69) is 34.0 Å². The van der Waals surface area contributed by atoms with Crippen molar-refractivity contribution in [2.24, 2.45) is 0 Å². The summed E-state index contributed by atoms with van der Waals surface area (Å²) in [5, 5.41) is 0. The second-order valence-corrected chi connectivity index (χ2v) is 7.54. The van der Waals surface area contributed by atoms with E-state index in [9.17, 15) is 0 Å². The van der Waals surface area contributed by atoms with Gasteiger partial charge in [0.05, 0.1) is 24.7 Å². The third-order valence-corrected chi connectivity index (χ3v) is 5.72. The molecule has 5 nitrogen and oxygen atoms in total. The highest BCUT2D eigenvalue weighted by atomic mass is 16.5. The maximum absolute atomic E-state index is 6.33. The molecule has 2 aliphatic heterocycles. The average Bonchev–Trinajstić information content (AvgIpc) is 3.29. The Kier molecular flexibility index (Phi) is 4.88. The Balaban J connectivity index is 1.28. The van der Waals surface area contributed by atoms with Gasteiger partial charge >= 0.3 is 0 Å². The van der Waals surface area contributed by atoms with E-state index in [1.54, 1.807) is 6.26 Å². The van der Waals surface area contributed by atoms with Gasteiger partial charge in [-0.05, 0) is 44.0 Å². The molecule has 0 aliphatic carbocycles. The van der Waals surface area contributed by atoms with E-state index in [1.165, 1.54) is 11.1 Å². The molecule has 2 aliphatic rings. The fourth-order valence-corrected chi connectivity index (χ4v) is 4.12. The van der Waals surface area contributed by atoms with Crippen LogP contribution in [0.5, 0.6) is 0 Å². The summed E-state index contributed by atoms with van der Waals surface area (Å²) in [7, 11) is 2.20. The van der Waals surface area contributed by atoms with Crippen molar-refractivity contribution in [1.29, 1.82) is 0 Å². The average molecular weight is 341 g/mol. The van der Waals surface area contributed by atoms with E-state index in [1.807, 2.05) is 24.7 Å². The van der Waals surface area contributed by atoms with E-state index in [0.717, 1.165) is 52.0 Å². The monoisotopic (exact) mass is 341 g/mol. The fraction of sp³-hybridized carbons (Fsp3) is 0.550. The molecule has 0 bridgehead atoms. The number of furan rings is 1. The van der Waals surface area contributed by atoms with Crippen LogP contribution in [0.2, 0.25) is 0 Å². The maximum atomic E-state index is 6.33. The quantitative estimate of drug-likeness (QED) is 0.836. The summed E-state index contributed by atoms with van der Waals surface area (Å²) in [5.74, 6) is 0. The smallest absolute Gasteiger partial charge is 0.0947 e. The Hall–Kier alpha value is -1.69. The Labute approximate surface area is 149 Å². The van der Waals surface area contributed by atoms with Gasteiger partial charge in [-0.25, -0.2) is 0 Å². The molecule has 0 N–H and O–H groups in total. The van der Waals surface area contributed by atoms with Crippen LogP contribution in [0.3, 0.4) is 0 Å². The van der Waals surface area contributed by atoms with Crippen molar-refractivity contribution < 1.29 is 9.15 Å². The number of pyridine rings is 1. The molecule has 2 saturated heterocycles. The molecule has 1 atom stereocenters. The summed E-state index contributed by atoms with van der Waals surface area (Å²) in [5.41, 5.74) is 2.61. The zero-order valence-corrected chi connectivity index (χ0v) is 14.9. The van der Waals surface area contributed by atoms with Crippen molar-refractivity contribution in [1.82, 2.24) is 14.8 Å². The van der Waals surface area contributed by atoms with Crippen molar-refractivity contribution in [3.63, 3.8) is 0 Å². The number of aromatic nitrogens is 1. The Bertz CT molecular complexity index is 651. The summed E-state index contributed by atoms with van der Waals surface area (Å²) < 4.78 is 11.5. The predicted molar refractivity (Wildman–Crippen MR) is 96.0 cm³/mol. The van der Waals surface area contributed by atoms with Gasteiger partial charge < -0.3 is 9.15 Å². The standard InChI is InChI=1S/C20H27N3O2/c1-22(13-17-3-2-7-21-12-17)19-11-20(25-16-19)5-8-23(9-6-20)14-18-4-10-24-15-18/h2-4,7,10,12,15,19H,5-6,8-9,11,13-14,16H2,1H3/t19-/m1/s1. The van der Waals surface area contributed by atoms with Crippen molar-refractivity contribution >= 4 is 0 Å². The zero-order valence-electron chi connectivity index (χ0n) is 14.9. The van der Waals surface area contributed by atoms with Crippen LogP contribution in [0.25, 0.3) is 0 Å². The van der Waals surface area contributed by atoms with E-state index in [0.29, 0.717) is 6.04 Å². The lowest BCUT2D eigenvalue weighted by Gasteiger charge is -2.38. The van der Waals surface area contributed by atoms with E-state index in [-0.39, 0.29) is 5.60 Å². The fourth-order valence-electron chi connectivity index (χ4n) is 4.12. The summed E-state index contributed by atoms with van der Waals surface area (Å²) in [6, 6.07) is 6.70. The van der Waals surface area contributed by atoms with Crippen LogP contribution in [0.1, 0.15) is 30.4 Å². The number of hydrogen-bond donors (Lipinski definition) is 0. The van der Waals surface area contributed by atoms with Crippen molar-refractivity contribution in [2.45, 2.75) is 44.0 Å². The lowest BCUT2D eigenvalue weighted by Crippen LogP contribution is -2.44. The lowest BCUT2D eigenvalue weighted by atomic mass is 9.87. The minimum absolute atomic E-state index is 0.0841. The number of hydrogen-bond acceptors (Lipinski definition) is 5. The molecule has 5 heteroatoms. The summed E-state index contributed by atoms with van der Waals surface area (Å²) in [4.78, 5) is 9.14. The van der Waals surface area contributed by atoms with Crippen LogP contribution in [-0.4, -0.2) is 53.2 Å². The predicted octanol–water partition coefficient (Wildman–Crippen LogP) is 2.93. The Morgan fingerprint density at radius 2 is 2.16 bits per heavy atom. The van der Waals surface area contributed by atoms with Crippen LogP contribution in [0, 0.1) is 0 Å². The third-order valence-electron chi connectivity index (χ3n) is 5.72. The summed E-state index contributed by atoms with van der Waals surface area (Å²) >= 11 is 0. The molecule has 25 heavy (non-hydrogen) atoms. The number of nitrogens with zero attached hydrogens (tertiary/aromatic N) is 3. The highest BCUT2D eigenvalue weighted by Gasteiger charge is 2.43. The summed E-state index contributed by atoms with van der Waals surface area (Å²) in [6.45, 7) is 4.97. The van der Waals surface area contributed by atoms with Gasteiger partial charge in [0.2, 0.25) is 0 Å². The number of ether oxygens (including phenoxy) is 1. The SMILES string of the molecule is CN(Cc1cccnc1)[C@H]1COC2(CCN(Cc3ccoc3)CC2)C1. The third kappa shape index (κ3) is 3.94. The Morgan fingerprint density at radius 3 is 2.88 bits per heavy atom. The molecule has 0 unspecified atom stereocenters. The maximum Gasteiger partial charge on any atom is 0.0947 e. The second-order valence-electron chi connectivity index (χ2n) is 7.54. The van der Waals surface area contributed by atoms with Crippen LogP contribution in [-0.2, 0) is 17.8 Å². The van der Waals surface area contributed by atoms with Crippen LogP contribution in [0.15, 0.2) is 47.5 Å². The van der Waals surface area contributed by atoms with Gasteiger partial charge in [-0.3, -0.25) is 14.8 Å². The number of likely N-dealkylation sites (N-methyl/N-ethyl adjacent to an activating group) is 1. The molecule has 2 aromatic heterocycles. The number of likely N-dealkylation sites (tertiary alicyclic amines) is 1. The molecule has 1 spiro atoms. The van der Waals surface area contributed by atoms with Crippen LogP contribution < -0.4 is 0 Å². The second kappa shape index (κ2) is 7.28. The van der Waals surface area contributed by atoms with Crippen LogP contribution >= 0.6 is 0 Å². The molecule has 2 aromatic rings. The van der Waals surface area contributed by atoms with Gasteiger partial charge in [-0.2, -0.15) is 0 Å². The zero-order chi connectivity index (χ0) is 17.1. The molecular formula is C20H27N3O2. The van der Waals surface area contributed by atoms with Gasteiger partial charge in [-0.15, -0.1) is 0 Å². The van der Waals surface area contributed by atoms with Crippen LogP contribution in [0.4, 0.5) is 0 Å². The molecule has 0 radical (unpaired) electrons. The van der Waals surface area contributed by atoms with Crippen molar-refractivity contribution in [3.05, 3.63) is 54.2 Å². The van der Waals surface area contributed by atoms with Gasteiger partial charge in [0, 0.05) is 50.2 Å². The molecule has 4 heterocycles. The first-order chi connectivity index (χ1) is 12.2. The van der Waals surface area contributed by atoms with E-state index >= 15 is 0 Å². The highest BCUT2D eigenvalue weighted by molar-refractivity contribution is 5.09. The van der Waals surface area contributed by atoms with Crippen molar-refractivity contribution in [2.75, 3.05) is 26.7 Å². The molecule has 134 valence electrons. The molecule has 4 rings (SSSR count). The molecule has 0 aromatic carbocycles. The van der Waals surface area contributed by atoms with E-state index < -0.39 is 0 Å². The number of piperidine rings is 1. The van der Waals surface area contributed by atoms with Gasteiger partial charge in [0.25, 0.3) is 0 Å². The highest BCUT2D eigenvalue weighted by Crippen LogP contribution is 2.38. The topological polar surface area (TPSA) is 41.7 Å². The first-order valence-electron chi connectivity index (χ1n) is 9.19. The Morgan fingerprint density at radius 1 is 1.28 bits per heavy atom. The lowest BCUT2D eigenvalue weighted by molar-refractivity contribution is -0.0452.